The van der Waals surface area contributed by atoms with Crippen molar-refractivity contribution >= 4 is 18.9 Å². The summed E-state index contributed by atoms with van der Waals surface area (Å²) in [5.41, 5.74) is 0.122. The maximum atomic E-state index is 11.4. The van der Waals surface area contributed by atoms with Crippen molar-refractivity contribution in [1.82, 2.24) is 0 Å². The number of rotatable bonds is 7. The van der Waals surface area contributed by atoms with Crippen molar-refractivity contribution in [3.05, 3.63) is 29.8 Å². The standard InChI is InChI=1S/C16H24BO4/c1-6-20-14(18)11-12-7-9-13(10-8-12)17-21-16(4,5)15(2,3)19/h7-10,19H,6,11H2,1-5H3. The van der Waals surface area contributed by atoms with Gasteiger partial charge in [-0.2, -0.15) is 0 Å². The highest BCUT2D eigenvalue weighted by atomic mass is 16.5. The summed E-state index contributed by atoms with van der Waals surface area (Å²) in [6, 6.07) is 7.47. The Bertz CT molecular complexity index is 460. The van der Waals surface area contributed by atoms with E-state index in [1.54, 1.807) is 28.3 Å². The molecule has 1 aromatic carbocycles. The van der Waals surface area contributed by atoms with Gasteiger partial charge < -0.3 is 14.5 Å². The van der Waals surface area contributed by atoms with Crippen LogP contribution in [0.5, 0.6) is 0 Å². The Morgan fingerprint density at radius 3 is 2.24 bits per heavy atom. The second-order valence-corrected chi connectivity index (χ2v) is 6.03. The van der Waals surface area contributed by atoms with E-state index in [0.717, 1.165) is 11.0 Å². The first-order chi connectivity index (χ1) is 9.65. The third kappa shape index (κ3) is 5.52. The van der Waals surface area contributed by atoms with Gasteiger partial charge in [0.15, 0.2) is 0 Å². The van der Waals surface area contributed by atoms with Crippen molar-refractivity contribution in [1.29, 1.82) is 0 Å². The Kier molecular flexibility index (Phi) is 5.99. The van der Waals surface area contributed by atoms with E-state index < -0.39 is 11.2 Å². The molecule has 0 unspecified atom stereocenters. The van der Waals surface area contributed by atoms with Crippen LogP contribution in [0.15, 0.2) is 24.3 Å². The van der Waals surface area contributed by atoms with Crippen molar-refractivity contribution < 1.29 is 19.3 Å². The largest absolute Gasteiger partial charge is 0.466 e. The summed E-state index contributed by atoms with van der Waals surface area (Å²) in [7, 11) is 1.62. The Morgan fingerprint density at radius 1 is 1.19 bits per heavy atom. The van der Waals surface area contributed by atoms with Gasteiger partial charge in [0, 0.05) is 0 Å². The zero-order valence-corrected chi connectivity index (χ0v) is 13.5. The van der Waals surface area contributed by atoms with Crippen LogP contribution in [0.2, 0.25) is 0 Å². The number of aliphatic hydroxyl groups is 1. The van der Waals surface area contributed by atoms with Crippen LogP contribution in [0.1, 0.15) is 40.2 Å². The van der Waals surface area contributed by atoms with Gasteiger partial charge in [-0.1, -0.05) is 29.7 Å². The molecule has 0 spiro atoms. The number of esters is 1. The fraction of sp³-hybridized carbons (Fsp3) is 0.562. The minimum atomic E-state index is -0.951. The lowest BCUT2D eigenvalue weighted by Crippen LogP contribution is -2.49. The number of benzene rings is 1. The topological polar surface area (TPSA) is 55.8 Å². The summed E-state index contributed by atoms with van der Waals surface area (Å²) in [6.07, 6.45) is 0.268. The first-order valence-electron chi connectivity index (χ1n) is 7.13. The zero-order valence-electron chi connectivity index (χ0n) is 13.5. The van der Waals surface area contributed by atoms with E-state index in [0.29, 0.717) is 6.61 Å². The lowest BCUT2D eigenvalue weighted by atomic mass is 9.82. The summed E-state index contributed by atoms with van der Waals surface area (Å²) in [4.78, 5) is 11.4. The predicted octanol–water partition coefficient (Wildman–Crippen LogP) is 1.60. The molecule has 0 aliphatic rings. The Labute approximate surface area is 127 Å². The summed E-state index contributed by atoms with van der Waals surface area (Å²) in [5.74, 6) is -0.228. The average molecular weight is 291 g/mol. The number of carbonyl (C=O) groups excluding carboxylic acids is 1. The molecular weight excluding hydrogens is 267 g/mol. The molecule has 0 aromatic heterocycles. The van der Waals surface area contributed by atoms with Gasteiger partial charge in [0.1, 0.15) is 0 Å². The average Bonchev–Trinajstić information content (AvgIpc) is 2.37. The minimum absolute atomic E-state index is 0.228. The summed E-state index contributed by atoms with van der Waals surface area (Å²) >= 11 is 0. The lowest BCUT2D eigenvalue weighted by Gasteiger charge is -2.37. The van der Waals surface area contributed by atoms with Crippen LogP contribution in [0.25, 0.3) is 0 Å². The Morgan fingerprint density at radius 2 is 1.76 bits per heavy atom. The van der Waals surface area contributed by atoms with E-state index in [1.807, 2.05) is 38.1 Å². The number of ether oxygens (including phenoxy) is 1. The quantitative estimate of drug-likeness (QED) is 0.612. The number of carbonyl (C=O) groups is 1. The third-order valence-electron chi connectivity index (χ3n) is 3.60. The Hall–Kier alpha value is -1.33. The molecule has 1 N–H and O–H groups in total. The highest BCUT2D eigenvalue weighted by Gasteiger charge is 2.35. The molecule has 1 aromatic rings. The van der Waals surface area contributed by atoms with Crippen LogP contribution in [0.4, 0.5) is 0 Å². The van der Waals surface area contributed by atoms with Crippen molar-refractivity contribution in [2.75, 3.05) is 6.61 Å². The predicted molar refractivity (Wildman–Crippen MR) is 83.6 cm³/mol. The molecule has 0 atom stereocenters. The third-order valence-corrected chi connectivity index (χ3v) is 3.60. The molecule has 5 heteroatoms. The molecule has 0 aliphatic carbocycles. The van der Waals surface area contributed by atoms with Crippen molar-refractivity contribution in [3.63, 3.8) is 0 Å². The first kappa shape index (κ1) is 17.7. The summed E-state index contributed by atoms with van der Waals surface area (Å²) in [5, 5.41) is 10.0. The summed E-state index contributed by atoms with van der Waals surface area (Å²) < 4.78 is 10.6. The van der Waals surface area contributed by atoms with Crippen LogP contribution < -0.4 is 5.46 Å². The molecule has 0 saturated heterocycles. The molecule has 1 rings (SSSR count). The minimum Gasteiger partial charge on any atom is -0.466 e. The zero-order chi connectivity index (χ0) is 16.1. The normalized spacial score (nSPS) is 12.1. The van der Waals surface area contributed by atoms with E-state index >= 15 is 0 Å². The molecule has 0 aliphatic heterocycles. The molecule has 0 amide bonds. The number of hydrogen-bond donors (Lipinski definition) is 1. The maximum Gasteiger partial charge on any atom is 0.330 e. The fourth-order valence-corrected chi connectivity index (χ4v) is 1.45. The highest BCUT2D eigenvalue weighted by molar-refractivity contribution is 6.47. The molecule has 0 saturated carbocycles. The van der Waals surface area contributed by atoms with Gasteiger partial charge in [0.2, 0.25) is 0 Å². The van der Waals surface area contributed by atoms with E-state index in [-0.39, 0.29) is 12.4 Å². The van der Waals surface area contributed by atoms with Gasteiger partial charge >= 0.3 is 13.5 Å². The van der Waals surface area contributed by atoms with Crippen molar-refractivity contribution in [3.8, 4) is 0 Å². The second kappa shape index (κ2) is 7.10. The molecule has 0 heterocycles. The van der Waals surface area contributed by atoms with E-state index in [4.69, 9.17) is 9.39 Å². The Balaban J connectivity index is 2.57. The van der Waals surface area contributed by atoms with Crippen LogP contribution in [-0.2, 0) is 20.6 Å². The molecule has 0 bridgehead atoms. The number of hydrogen-bond acceptors (Lipinski definition) is 4. The monoisotopic (exact) mass is 291 g/mol. The fourth-order valence-electron chi connectivity index (χ4n) is 1.45. The molecule has 21 heavy (non-hydrogen) atoms. The van der Waals surface area contributed by atoms with Crippen molar-refractivity contribution in [2.45, 2.75) is 52.2 Å². The van der Waals surface area contributed by atoms with E-state index in [9.17, 15) is 9.90 Å². The maximum absolute atomic E-state index is 11.4. The SMILES string of the molecule is CCOC(=O)Cc1ccc([B]OC(C)(C)C(C)(C)O)cc1. The lowest BCUT2D eigenvalue weighted by molar-refractivity contribution is -0.142. The van der Waals surface area contributed by atoms with Gasteiger partial charge in [-0.3, -0.25) is 4.79 Å². The molecule has 1 radical (unpaired) electrons. The smallest absolute Gasteiger partial charge is 0.330 e. The van der Waals surface area contributed by atoms with Crippen LogP contribution in [0.3, 0.4) is 0 Å². The molecule has 0 fully saturated rings. The van der Waals surface area contributed by atoms with E-state index in [1.165, 1.54) is 0 Å². The molecule has 115 valence electrons. The summed E-state index contributed by atoms with van der Waals surface area (Å²) in [6.45, 7) is 9.27. The van der Waals surface area contributed by atoms with E-state index in [2.05, 4.69) is 0 Å². The van der Waals surface area contributed by atoms with Gasteiger partial charge in [0.05, 0.1) is 24.2 Å². The second-order valence-electron chi connectivity index (χ2n) is 6.03. The first-order valence-corrected chi connectivity index (χ1v) is 7.13. The van der Waals surface area contributed by atoms with Gasteiger partial charge in [0.25, 0.3) is 0 Å². The van der Waals surface area contributed by atoms with Crippen LogP contribution >= 0.6 is 0 Å². The highest BCUT2D eigenvalue weighted by Crippen LogP contribution is 2.24. The van der Waals surface area contributed by atoms with Gasteiger partial charge in [-0.25, -0.2) is 0 Å². The van der Waals surface area contributed by atoms with Gasteiger partial charge in [-0.05, 0) is 40.2 Å². The van der Waals surface area contributed by atoms with Crippen molar-refractivity contribution in [2.24, 2.45) is 0 Å². The van der Waals surface area contributed by atoms with Crippen LogP contribution in [-0.4, -0.2) is 36.4 Å². The van der Waals surface area contributed by atoms with Crippen LogP contribution in [0, 0.1) is 0 Å². The molecular formula is C16H24BO4. The van der Waals surface area contributed by atoms with Gasteiger partial charge in [-0.15, -0.1) is 0 Å². The molecule has 4 nitrogen and oxygen atoms in total.